The minimum absolute atomic E-state index is 0.213. The number of Topliss-reactive ketones (excluding diaryl/α,β-unsaturated/α-hetero) is 1. The van der Waals surface area contributed by atoms with Crippen LogP contribution < -0.4 is 5.32 Å². The third-order valence-corrected chi connectivity index (χ3v) is 4.55. The van der Waals surface area contributed by atoms with Gasteiger partial charge < -0.3 is 5.32 Å². The molecule has 0 aliphatic carbocycles. The van der Waals surface area contributed by atoms with E-state index in [-0.39, 0.29) is 5.78 Å². The van der Waals surface area contributed by atoms with Crippen molar-refractivity contribution in [1.29, 1.82) is 0 Å². The Morgan fingerprint density at radius 3 is 1.97 bits per heavy atom. The summed E-state index contributed by atoms with van der Waals surface area (Å²) in [6.07, 6.45) is -2.71. The van der Waals surface area contributed by atoms with Crippen LogP contribution in [0.15, 0.2) is 91.1 Å². The number of hydrogen-bond donors (Lipinski definition) is 1. The Hall–Kier alpha value is -3.60. The molecule has 0 bridgehead atoms. The Bertz CT molecular complexity index is 1060. The number of ketones is 1. The molecule has 3 aromatic rings. The molecule has 30 heavy (non-hydrogen) atoms. The standard InChI is InChI=1S/C25H20F3NO/c1-17(20-12-14-23(15-13-20)25(26,27)28)29-24(18(2)30)16-19-8-10-22(11-9-19)21-6-4-3-5-7-21/h3-16,29H,1H2,2H3/b24-16+. The van der Waals surface area contributed by atoms with Crippen molar-refractivity contribution >= 4 is 17.6 Å². The normalized spacial score (nSPS) is 11.8. The lowest BCUT2D eigenvalue weighted by atomic mass is 10.0. The molecule has 0 atom stereocenters. The summed E-state index contributed by atoms with van der Waals surface area (Å²) in [4.78, 5) is 12.1. The summed E-state index contributed by atoms with van der Waals surface area (Å²) in [6, 6.07) is 22.3. The summed E-state index contributed by atoms with van der Waals surface area (Å²) in [5.41, 5.74) is 3.33. The Morgan fingerprint density at radius 1 is 0.867 bits per heavy atom. The Kier molecular flexibility index (Phi) is 6.21. The minimum atomic E-state index is -4.40. The van der Waals surface area contributed by atoms with Crippen molar-refractivity contribution in [3.05, 3.63) is 108 Å². The summed E-state index contributed by atoms with van der Waals surface area (Å²) in [6.45, 7) is 5.26. The summed E-state index contributed by atoms with van der Waals surface area (Å²) >= 11 is 0. The zero-order valence-corrected chi connectivity index (χ0v) is 16.3. The average Bonchev–Trinajstić information content (AvgIpc) is 2.74. The number of nitrogens with one attached hydrogen (secondary N) is 1. The van der Waals surface area contributed by atoms with Crippen LogP contribution in [0.2, 0.25) is 0 Å². The molecule has 2 nitrogen and oxygen atoms in total. The lowest BCUT2D eigenvalue weighted by Gasteiger charge is -2.13. The van der Waals surface area contributed by atoms with Crippen molar-refractivity contribution < 1.29 is 18.0 Å². The van der Waals surface area contributed by atoms with Crippen molar-refractivity contribution in [2.45, 2.75) is 13.1 Å². The molecular formula is C25H20F3NO. The van der Waals surface area contributed by atoms with Crippen molar-refractivity contribution in [2.24, 2.45) is 0 Å². The molecule has 0 saturated carbocycles. The van der Waals surface area contributed by atoms with Crippen LogP contribution in [0.25, 0.3) is 22.9 Å². The molecule has 152 valence electrons. The SMILES string of the molecule is C=C(N/C(=C/c1ccc(-c2ccccc2)cc1)C(C)=O)c1ccc(C(F)(F)F)cc1. The highest BCUT2D eigenvalue weighted by Crippen LogP contribution is 2.30. The number of allylic oxidation sites excluding steroid dienone is 1. The van der Waals surface area contributed by atoms with Crippen molar-refractivity contribution in [3.63, 3.8) is 0 Å². The molecule has 3 aromatic carbocycles. The van der Waals surface area contributed by atoms with E-state index in [0.717, 1.165) is 28.8 Å². The van der Waals surface area contributed by atoms with Crippen LogP contribution >= 0.6 is 0 Å². The molecule has 3 rings (SSSR count). The predicted molar refractivity (Wildman–Crippen MR) is 114 cm³/mol. The summed E-state index contributed by atoms with van der Waals surface area (Å²) in [5.74, 6) is -0.213. The van der Waals surface area contributed by atoms with Gasteiger partial charge in [-0.05, 0) is 40.5 Å². The highest BCUT2D eigenvalue weighted by Gasteiger charge is 2.30. The number of alkyl halides is 3. The molecule has 0 radical (unpaired) electrons. The minimum Gasteiger partial charge on any atom is -0.353 e. The van der Waals surface area contributed by atoms with E-state index < -0.39 is 11.7 Å². The van der Waals surface area contributed by atoms with Crippen LogP contribution in [0.1, 0.15) is 23.6 Å². The maximum atomic E-state index is 12.7. The van der Waals surface area contributed by atoms with E-state index in [9.17, 15) is 18.0 Å². The van der Waals surface area contributed by atoms with E-state index in [1.807, 2.05) is 54.6 Å². The lowest BCUT2D eigenvalue weighted by Crippen LogP contribution is -2.17. The Balaban J connectivity index is 1.78. The number of hydrogen-bond acceptors (Lipinski definition) is 2. The summed E-state index contributed by atoms with van der Waals surface area (Å²) in [5, 5.41) is 2.92. The topological polar surface area (TPSA) is 29.1 Å². The van der Waals surface area contributed by atoms with Crippen LogP contribution in [-0.2, 0) is 11.0 Å². The van der Waals surface area contributed by atoms with Gasteiger partial charge in [-0.25, -0.2) is 0 Å². The van der Waals surface area contributed by atoms with Gasteiger partial charge >= 0.3 is 6.18 Å². The highest BCUT2D eigenvalue weighted by molar-refractivity contribution is 5.98. The second-order valence-corrected chi connectivity index (χ2v) is 6.78. The van der Waals surface area contributed by atoms with Crippen molar-refractivity contribution in [2.75, 3.05) is 0 Å². The molecule has 0 unspecified atom stereocenters. The fourth-order valence-electron chi connectivity index (χ4n) is 2.89. The van der Waals surface area contributed by atoms with Gasteiger partial charge in [-0.1, -0.05) is 73.3 Å². The molecule has 0 saturated heterocycles. The van der Waals surface area contributed by atoms with Gasteiger partial charge in [-0.2, -0.15) is 13.2 Å². The van der Waals surface area contributed by atoms with Crippen LogP contribution in [0, 0.1) is 0 Å². The quantitative estimate of drug-likeness (QED) is 0.469. The molecular weight excluding hydrogens is 387 g/mol. The fraction of sp³-hybridized carbons (Fsp3) is 0.0800. The van der Waals surface area contributed by atoms with Gasteiger partial charge in [0, 0.05) is 12.6 Å². The van der Waals surface area contributed by atoms with E-state index in [1.165, 1.54) is 19.1 Å². The first-order valence-electron chi connectivity index (χ1n) is 9.26. The number of rotatable bonds is 6. The molecule has 0 aliphatic heterocycles. The second-order valence-electron chi connectivity index (χ2n) is 6.78. The fourth-order valence-corrected chi connectivity index (χ4v) is 2.89. The first-order chi connectivity index (χ1) is 14.2. The lowest BCUT2D eigenvalue weighted by molar-refractivity contribution is -0.137. The highest BCUT2D eigenvalue weighted by atomic mass is 19.4. The average molecular weight is 407 g/mol. The van der Waals surface area contributed by atoms with Gasteiger partial charge in [0.25, 0.3) is 0 Å². The molecule has 0 aliphatic rings. The van der Waals surface area contributed by atoms with Crippen molar-refractivity contribution in [3.8, 4) is 11.1 Å². The van der Waals surface area contributed by atoms with E-state index in [0.29, 0.717) is 17.0 Å². The predicted octanol–water partition coefficient (Wildman–Crippen LogP) is 6.56. The summed E-state index contributed by atoms with van der Waals surface area (Å²) in [7, 11) is 0. The molecule has 1 N–H and O–H groups in total. The molecule has 0 spiro atoms. The molecule has 0 heterocycles. The van der Waals surface area contributed by atoms with Gasteiger partial charge in [0.05, 0.1) is 11.3 Å². The van der Waals surface area contributed by atoms with E-state index in [4.69, 9.17) is 0 Å². The molecule has 0 aromatic heterocycles. The number of halogens is 3. The Labute approximate surface area is 173 Å². The largest absolute Gasteiger partial charge is 0.416 e. The van der Waals surface area contributed by atoms with Crippen LogP contribution in [0.3, 0.4) is 0 Å². The van der Waals surface area contributed by atoms with E-state index in [2.05, 4.69) is 11.9 Å². The first kappa shape index (κ1) is 21.1. The van der Waals surface area contributed by atoms with Gasteiger partial charge in [0.15, 0.2) is 5.78 Å². The zero-order valence-electron chi connectivity index (χ0n) is 16.3. The molecule has 5 heteroatoms. The third-order valence-electron chi connectivity index (χ3n) is 4.55. The maximum absolute atomic E-state index is 12.7. The number of carbonyl (C=O) groups is 1. The van der Waals surface area contributed by atoms with Gasteiger partial charge in [-0.15, -0.1) is 0 Å². The molecule has 0 amide bonds. The first-order valence-corrected chi connectivity index (χ1v) is 9.26. The molecule has 0 fully saturated rings. The zero-order chi connectivity index (χ0) is 21.7. The van der Waals surface area contributed by atoms with Gasteiger partial charge in [0.1, 0.15) is 0 Å². The summed E-state index contributed by atoms with van der Waals surface area (Å²) < 4.78 is 38.2. The van der Waals surface area contributed by atoms with Crippen LogP contribution in [-0.4, -0.2) is 5.78 Å². The monoisotopic (exact) mass is 407 g/mol. The van der Waals surface area contributed by atoms with Gasteiger partial charge in [-0.3, -0.25) is 4.79 Å². The smallest absolute Gasteiger partial charge is 0.353 e. The third kappa shape index (κ3) is 5.26. The number of carbonyl (C=O) groups excluding carboxylic acids is 1. The second kappa shape index (κ2) is 8.82. The number of benzene rings is 3. The maximum Gasteiger partial charge on any atom is 0.416 e. The van der Waals surface area contributed by atoms with E-state index >= 15 is 0 Å². The van der Waals surface area contributed by atoms with Gasteiger partial charge in [0.2, 0.25) is 0 Å². The Morgan fingerprint density at radius 2 is 1.43 bits per heavy atom. The van der Waals surface area contributed by atoms with Crippen LogP contribution in [0.4, 0.5) is 13.2 Å². The van der Waals surface area contributed by atoms with E-state index in [1.54, 1.807) is 6.08 Å². The van der Waals surface area contributed by atoms with Crippen molar-refractivity contribution in [1.82, 2.24) is 5.32 Å². The van der Waals surface area contributed by atoms with Crippen LogP contribution in [0.5, 0.6) is 0 Å².